The van der Waals surface area contributed by atoms with Crippen LogP contribution in [0.2, 0.25) is 0 Å². The van der Waals surface area contributed by atoms with Gasteiger partial charge in [0.25, 0.3) is 17.7 Å². The van der Waals surface area contributed by atoms with Crippen molar-refractivity contribution in [1.82, 2.24) is 0 Å². The minimum atomic E-state index is -0.692. The third-order valence-electron chi connectivity index (χ3n) is 8.61. The number of hydrogen-bond donors (Lipinski definition) is 5. The Balaban J connectivity index is 0.000000220. The zero-order valence-corrected chi connectivity index (χ0v) is 30.8. The third kappa shape index (κ3) is 11.6. The van der Waals surface area contributed by atoms with Gasteiger partial charge in [-0.05, 0) is 54.2 Å². The van der Waals surface area contributed by atoms with Crippen LogP contribution >= 0.6 is 0 Å². The van der Waals surface area contributed by atoms with E-state index in [1.165, 1.54) is 0 Å². The van der Waals surface area contributed by atoms with Crippen molar-refractivity contribution in [2.75, 3.05) is 76.2 Å². The minimum Gasteiger partial charge on any atom is -0.491 e. The van der Waals surface area contributed by atoms with Crippen LogP contribution in [0.25, 0.3) is 0 Å². The standard InChI is InChI=1S/C13H17NO4.2C12H16N2O4.CH4/c1-9-7-10-3-4-11(18-6-5-17-2)8-12(10)14(16)13(9)15;2*1-17-4-5-18-9-3-2-8-6-10(13)12(15)14(16)11(8)7-9;/h3-4,8-9,16H,5-7H2,1-2H3;2*2-3,7,10,16H,4-6,13H2,1H3;1H4/t;2*10-;/m.10./s1. The molecule has 3 aliphatic rings. The second kappa shape index (κ2) is 21.3. The van der Waals surface area contributed by atoms with E-state index in [9.17, 15) is 30.0 Å². The maximum absolute atomic E-state index is 11.7. The average molecular weight is 772 g/mol. The van der Waals surface area contributed by atoms with Gasteiger partial charge in [0.2, 0.25) is 0 Å². The van der Waals surface area contributed by atoms with Crippen LogP contribution in [0.4, 0.5) is 17.1 Å². The van der Waals surface area contributed by atoms with Crippen molar-refractivity contribution >= 4 is 34.8 Å². The molecule has 0 saturated carbocycles. The molecule has 3 aromatic carbocycles. The molecule has 0 fully saturated rings. The summed E-state index contributed by atoms with van der Waals surface area (Å²) in [5.74, 6) is 0.292. The van der Waals surface area contributed by atoms with Crippen LogP contribution in [-0.4, -0.2) is 106 Å². The SMILES string of the molecule is C.COCCOc1ccc2c(c1)N(O)C(=O)C(C)C2.COCCOc1ccc2c(c1)N(O)C(=O)[C@@H](N)C2.COCCOc1ccc2c(c1)N(O)C(=O)[C@H](N)C2. The first-order valence-corrected chi connectivity index (χ1v) is 17.2. The summed E-state index contributed by atoms with van der Waals surface area (Å²) < 4.78 is 30.9. The highest BCUT2D eigenvalue weighted by Gasteiger charge is 2.32. The number of hydroxylamine groups is 3. The highest BCUT2D eigenvalue weighted by molar-refractivity contribution is 5.99. The average Bonchev–Trinajstić information content (AvgIpc) is 3.17. The molecule has 3 heterocycles. The Morgan fingerprint density at radius 3 is 1.18 bits per heavy atom. The Hall–Kier alpha value is -4.85. The highest BCUT2D eigenvalue weighted by atomic mass is 16.5. The van der Waals surface area contributed by atoms with Crippen LogP contribution in [-0.2, 0) is 47.9 Å². The zero-order chi connectivity index (χ0) is 39.4. The summed E-state index contributed by atoms with van der Waals surface area (Å²) in [5, 5.41) is 31.1. The van der Waals surface area contributed by atoms with Gasteiger partial charge in [-0.15, -0.1) is 0 Å². The monoisotopic (exact) mass is 771 g/mol. The first-order chi connectivity index (χ1) is 25.9. The Morgan fingerprint density at radius 2 is 0.855 bits per heavy atom. The van der Waals surface area contributed by atoms with Crippen LogP contribution in [0.15, 0.2) is 54.6 Å². The molecule has 0 saturated heterocycles. The number of nitrogens with two attached hydrogens (primary N) is 2. The number of amides is 3. The topological polar surface area (TPSA) is 229 Å². The molecule has 0 aromatic heterocycles. The van der Waals surface area contributed by atoms with Gasteiger partial charge in [-0.25, -0.2) is 0 Å². The van der Waals surface area contributed by atoms with Crippen molar-refractivity contribution in [3.8, 4) is 17.2 Å². The van der Waals surface area contributed by atoms with Gasteiger partial charge in [-0.2, -0.15) is 15.2 Å². The van der Waals surface area contributed by atoms with E-state index in [0.717, 1.165) is 16.7 Å². The molecule has 3 amide bonds. The molecule has 17 heteroatoms. The summed E-state index contributed by atoms with van der Waals surface area (Å²) in [6.07, 6.45) is 1.48. The molecule has 302 valence electrons. The zero-order valence-electron chi connectivity index (χ0n) is 30.8. The van der Waals surface area contributed by atoms with Gasteiger partial charge in [-0.1, -0.05) is 32.5 Å². The van der Waals surface area contributed by atoms with Crippen molar-refractivity contribution in [1.29, 1.82) is 0 Å². The fraction of sp³-hybridized carbons (Fsp3) is 0.447. The third-order valence-corrected chi connectivity index (χ3v) is 8.61. The number of carbonyl (C=O) groups excluding carboxylic acids is 3. The molecule has 3 atom stereocenters. The van der Waals surface area contributed by atoms with E-state index in [2.05, 4.69) is 0 Å². The summed E-state index contributed by atoms with van der Waals surface area (Å²) in [7, 11) is 4.78. The van der Waals surface area contributed by atoms with Gasteiger partial charge in [-0.3, -0.25) is 30.0 Å². The molecule has 7 N–H and O–H groups in total. The maximum atomic E-state index is 11.7. The molecule has 0 bridgehead atoms. The summed E-state index contributed by atoms with van der Waals surface area (Å²) in [6.45, 7) is 4.51. The smallest absolute Gasteiger partial charge is 0.267 e. The van der Waals surface area contributed by atoms with Crippen molar-refractivity contribution in [3.05, 3.63) is 71.3 Å². The number of methoxy groups -OCH3 is 3. The van der Waals surface area contributed by atoms with Gasteiger partial charge in [0.15, 0.2) is 0 Å². The highest BCUT2D eigenvalue weighted by Crippen LogP contribution is 2.33. The van der Waals surface area contributed by atoms with E-state index in [1.54, 1.807) is 70.7 Å². The van der Waals surface area contributed by atoms with Crippen LogP contribution in [0, 0.1) is 5.92 Å². The van der Waals surface area contributed by atoms with E-state index < -0.39 is 23.9 Å². The normalized spacial score (nSPS) is 18.4. The Kier molecular flexibility index (Phi) is 17.2. The first kappa shape index (κ1) is 44.5. The molecule has 1 unspecified atom stereocenters. The van der Waals surface area contributed by atoms with Crippen molar-refractivity contribution in [3.63, 3.8) is 0 Å². The van der Waals surface area contributed by atoms with E-state index in [0.29, 0.717) is 108 Å². The molecule has 6 rings (SSSR count). The molecular formula is C38H53N5O12. The second-order valence-corrected chi connectivity index (χ2v) is 12.6. The molecule has 0 aliphatic carbocycles. The van der Waals surface area contributed by atoms with Crippen LogP contribution in [0.3, 0.4) is 0 Å². The largest absolute Gasteiger partial charge is 0.491 e. The van der Waals surface area contributed by atoms with Crippen LogP contribution < -0.4 is 40.9 Å². The Bertz CT molecular complexity index is 1550. The van der Waals surface area contributed by atoms with Gasteiger partial charge >= 0.3 is 0 Å². The molecule has 3 aliphatic heterocycles. The maximum Gasteiger partial charge on any atom is 0.267 e. The summed E-state index contributed by atoms with van der Waals surface area (Å²) >= 11 is 0. The van der Waals surface area contributed by atoms with Crippen molar-refractivity contribution in [2.24, 2.45) is 17.4 Å². The predicted molar refractivity (Wildman–Crippen MR) is 202 cm³/mol. The number of carbonyl (C=O) groups is 3. The number of nitrogens with zero attached hydrogens (tertiary/aromatic N) is 3. The van der Waals surface area contributed by atoms with Crippen LogP contribution in [0.1, 0.15) is 31.0 Å². The Labute approximate surface area is 320 Å². The van der Waals surface area contributed by atoms with E-state index in [4.69, 9.17) is 39.9 Å². The second-order valence-electron chi connectivity index (χ2n) is 12.6. The fourth-order valence-corrected chi connectivity index (χ4v) is 5.68. The fourth-order valence-electron chi connectivity index (χ4n) is 5.68. The number of anilines is 3. The molecular weight excluding hydrogens is 718 g/mol. The van der Waals surface area contributed by atoms with Crippen LogP contribution in [0.5, 0.6) is 17.2 Å². The first-order valence-electron chi connectivity index (χ1n) is 17.2. The lowest BCUT2D eigenvalue weighted by atomic mass is 9.94. The van der Waals surface area contributed by atoms with Crippen molar-refractivity contribution in [2.45, 2.75) is 45.7 Å². The van der Waals surface area contributed by atoms with Gasteiger partial charge in [0.05, 0.1) is 49.0 Å². The van der Waals surface area contributed by atoms with E-state index >= 15 is 0 Å². The molecule has 55 heavy (non-hydrogen) atoms. The van der Waals surface area contributed by atoms with Crippen molar-refractivity contribution < 1.29 is 58.4 Å². The summed E-state index contributed by atoms with van der Waals surface area (Å²) in [4.78, 5) is 34.8. The number of rotatable bonds is 12. The summed E-state index contributed by atoms with van der Waals surface area (Å²) in [6, 6.07) is 14.4. The lowest BCUT2D eigenvalue weighted by Crippen LogP contribution is -2.47. The lowest BCUT2D eigenvalue weighted by Gasteiger charge is -2.28. The van der Waals surface area contributed by atoms with E-state index in [1.807, 2.05) is 12.1 Å². The number of hydrogen-bond acceptors (Lipinski definition) is 14. The molecule has 0 spiro atoms. The minimum absolute atomic E-state index is 0. The molecule has 17 nitrogen and oxygen atoms in total. The van der Waals surface area contributed by atoms with Gasteiger partial charge in [0.1, 0.15) is 37.1 Å². The Morgan fingerprint density at radius 1 is 0.545 bits per heavy atom. The number of benzene rings is 3. The predicted octanol–water partition coefficient (Wildman–Crippen LogP) is 2.90. The number of fused-ring (bicyclic) bond motifs is 3. The van der Waals surface area contributed by atoms with Gasteiger partial charge in [0, 0.05) is 45.4 Å². The molecule has 3 aromatic rings. The van der Waals surface area contributed by atoms with Gasteiger partial charge < -0.3 is 39.9 Å². The quantitative estimate of drug-likeness (QED) is 0.132. The number of ether oxygens (including phenoxy) is 6. The lowest BCUT2D eigenvalue weighted by molar-refractivity contribution is -0.127. The molecule has 0 radical (unpaired) electrons. The van der Waals surface area contributed by atoms with E-state index in [-0.39, 0.29) is 19.3 Å². The summed E-state index contributed by atoms with van der Waals surface area (Å²) in [5.41, 5.74) is 15.2.